The first-order chi connectivity index (χ1) is 8.65. The lowest BCUT2D eigenvalue weighted by Crippen LogP contribution is -2.12. The van der Waals surface area contributed by atoms with E-state index >= 15 is 0 Å². The maximum atomic E-state index is 13.1. The molecule has 0 aliphatic carbocycles. The van der Waals surface area contributed by atoms with Crippen molar-refractivity contribution in [2.24, 2.45) is 0 Å². The van der Waals surface area contributed by atoms with Crippen LogP contribution in [-0.2, 0) is 13.1 Å². The number of hydrogen-bond acceptors (Lipinski definition) is 1. The Bertz CT molecular complexity index is 540. The second-order valence-electron chi connectivity index (χ2n) is 4.34. The summed E-state index contributed by atoms with van der Waals surface area (Å²) in [5, 5.41) is 3.35. The second-order valence-corrected chi connectivity index (χ2v) is 5.20. The van der Waals surface area contributed by atoms with E-state index in [0.29, 0.717) is 4.47 Å². The van der Waals surface area contributed by atoms with Gasteiger partial charge in [0.05, 0.1) is 4.47 Å². The van der Waals surface area contributed by atoms with Gasteiger partial charge in [-0.1, -0.05) is 35.9 Å². The first-order valence-corrected chi connectivity index (χ1v) is 6.64. The number of halogens is 2. The van der Waals surface area contributed by atoms with Crippen LogP contribution in [0.1, 0.15) is 16.7 Å². The normalized spacial score (nSPS) is 10.6. The number of rotatable bonds is 4. The molecule has 0 saturated heterocycles. The average Bonchev–Trinajstić information content (AvgIpc) is 2.34. The maximum absolute atomic E-state index is 13.1. The van der Waals surface area contributed by atoms with Crippen LogP contribution in [0, 0.1) is 12.7 Å². The van der Waals surface area contributed by atoms with E-state index in [1.54, 1.807) is 12.1 Å². The van der Waals surface area contributed by atoms with E-state index in [-0.39, 0.29) is 5.82 Å². The molecule has 0 aromatic heterocycles. The summed E-state index contributed by atoms with van der Waals surface area (Å²) < 4.78 is 13.6. The molecule has 0 atom stereocenters. The molecule has 1 nitrogen and oxygen atoms in total. The van der Waals surface area contributed by atoms with Crippen molar-refractivity contribution >= 4 is 15.9 Å². The molecule has 0 fully saturated rings. The van der Waals surface area contributed by atoms with Crippen LogP contribution in [0.5, 0.6) is 0 Å². The average molecular weight is 308 g/mol. The van der Waals surface area contributed by atoms with Crippen LogP contribution in [0.4, 0.5) is 4.39 Å². The van der Waals surface area contributed by atoms with Gasteiger partial charge in [0, 0.05) is 13.1 Å². The molecule has 94 valence electrons. The molecule has 0 spiro atoms. The van der Waals surface area contributed by atoms with Crippen LogP contribution in [0.3, 0.4) is 0 Å². The summed E-state index contributed by atoms with van der Waals surface area (Å²) in [6, 6.07) is 13.5. The highest BCUT2D eigenvalue weighted by atomic mass is 79.9. The van der Waals surface area contributed by atoms with E-state index in [0.717, 1.165) is 18.7 Å². The molecule has 0 saturated carbocycles. The molecular weight excluding hydrogens is 293 g/mol. The van der Waals surface area contributed by atoms with Crippen LogP contribution in [-0.4, -0.2) is 0 Å². The molecule has 2 aromatic rings. The van der Waals surface area contributed by atoms with E-state index in [1.807, 2.05) is 0 Å². The van der Waals surface area contributed by atoms with E-state index in [1.165, 1.54) is 17.2 Å². The molecule has 18 heavy (non-hydrogen) atoms. The van der Waals surface area contributed by atoms with Crippen LogP contribution in [0.15, 0.2) is 46.9 Å². The fraction of sp³-hybridized carbons (Fsp3) is 0.200. The summed E-state index contributed by atoms with van der Waals surface area (Å²) in [6.45, 7) is 3.63. The highest BCUT2D eigenvalue weighted by Crippen LogP contribution is 2.16. The molecule has 2 rings (SSSR count). The Morgan fingerprint density at radius 1 is 1.06 bits per heavy atom. The minimum Gasteiger partial charge on any atom is -0.309 e. The van der Waals surface area contributed by atoms with E-state index in [9.17, 15) is 4.39 Å². The van der Waals surface area contributed by atoms with Gasteiger partial charge in [0.2, 0.25) is 0 Å². The molecule has 0 aliphatic rings. The predicted octanol–water partition coefficient (Wildman–Crippen LogP) is 4.19. The van der Waals surface area contributed by atoms with Crippen molar-refractivity contribution in [3.8, 4) is 0 Å². The van der Waals surface area contributed by atoms with Gasteiger partial charge in [-0.3, -0.25) is 0 Å². The lowest BCUT2D eigenvalue weighted by atomic mass is 10.1. The molecule has 0 aliphatic heterocycles. The van der Waals surface area contributed by atoms with E-state index in [2.05, 4.69) is 52.4 Å². The van der Waals surface area contributed by atoms with Gasteiger partial charge in [0.15, 0.2) is 0 Å². The summed E-state index contributed by atoms with van der Waals surface area (Å²) in [5.41, 5.74) is 3.59. The van der Waals surface area contributed by atoms with Crippen molar-refractivity contribution in [3.63, 3.8) is 0 Å². The van der Waals surface area contributed by atoms with Gasteiger partial charge in [-0.25, -0.2) is 4.39 Å². The molecule has 2 aromatic carbocycles. The molecule has 1 N–H and O–H groups in total. The van der Waals surface area contributed by atoms with Gasteiger partial charge in [0.1, 0.15) is 5.82 Å². The molecule has 0 radical (unpaired) electrons. The van der Waals surface area contributed by atoms with Crippen LogP contribution in [0.2, 0.25) is 0 Å². The summed E-state index contributed by atoms with van der Waals surface area (Å²) >= 11 is 3.19. The zero-order chi connectivity index (χ0) is 13.0. The molecule has 0 amide bonds. The summed E-state index contributed by atoms with van der Waals surface area (Å²) in [7, 11) is 0. The Kier molecular flexibility index (Phi) is 4.50. The monoisotopic (exact) mass is 307 g/mol. The number of hydrogen-bond donors (Lipinski definition) is 1. The third-order valence-electron chi connectivity index (χ3n) is 2.72. The first-order valence-electron chi connectivity index (χ1n) is 5.85. The number of aryl methyl sites for hydroxylation is 1. The predicted molar refractivity (Wildman–Crippen MR) is 75.8 cm³/mol. The van der Waals surface area contributed by atoms with Crippen LogP contribution in [0.25, 0.3) is 0 Å². The van der Waals surface area contributed by atoms with Crippen molar-refractivity contribution in [1.82, 2.24) is 5.32 Å². The number of benzene rings is 2. The van der Waals surface area contributed by atoms with Crippen molar-refractivity contribution in [2.45, 2.75) is 20.0 Å². The SMILES string of the molecule is Cc1cccc(CNCc2ccc(F)c(Br)c2)c1. The Hall–Kier alpha value is -1.19. The lowest BCUT2D eigenvalue weighted by molar-refractivity contribution is 0.618. The van der Waals surface area contributed by atoms with Crippen molar-refractivity contribution in [2.75, 3.05) is 0 Å². The zero-order valence-corrected chi connectivity index (χ0v) is 11.8. The fourth-order valence-corrected chi connectivity index (χ4v) is 2.25. The Balaban J connectivity index is 1.90. The van der Waals surface area contributed by atoms with Gasteiger partial charge in [-0.15, -0.1) is 0 Å². The number of nitrogens with one attached hydrogen (secondary N) is 1. The van der Waals surface area contributed by atoms with Crippen molar-refractivity contribution < 1.29 is 4.39 Å². The van der Waals surface area contributed by atoms with Gasteiger partial charge < -0.3 is 5.32 Å². The van der Waals surface area contributed by atoms with Gasteiger partial charge in [0.25, 0.3) is 0 Å². The molecule has 0 heterocycles. The summed E-state index contributed by atoms with van der Waals surface area (Å²) in [4.78, 5) is 0. The molecule has 3 heteroatoms. The zero-order valence-electron chi connectivity index (χ0n) is 10.2. The van der Waals surface area contributed by atoms with E-state index in [4.69, 9.17) is 0 Å². The van der Waals surface area contributed by atoms with Crippen molar-refractivity contribution in [1.29, 1.82) is 0 Å². The summed E-state index contributed by atoms with van der Waals surface area (Å²) in [5.74, 6) is -0.225. The lowest BCUT2D eigenvalue weighted by Gasteiger charge is -2.06. The van der Waals surface area contributed by atoms with E-state index < -0.39 is 0 Å². The topological polar surface area (TPSA) is 12.0 Å². The Labute approximate surface area is 115 Å². The van der Waals surface area contributed by atoms with Crippen LogP contribution < -0.4 is 5.32 Å². The second kappa shape index (κ2) is 6.12. The highest BCUT2D eigenvalue weighted by Gasteiger charge is 2.00. The standard InChI is InChI=1S/C15H15BrFN/c1-11-3-2-4-12(7-11)9-18-10-13-5-6-15(17)14(16)8-13/h2-8,18H,9-10H2,1H3. The maximum Gasteiger partial charge on any atom is 0.137 e. The minimum atomic E-state index is -0.225. The third-order valence-corrected chi connectivity index (χ3v) is 3.33. The molecular formula is C15H15BrFN. The smallest absolute Gasteiger partial charge is 0.137 e. The van der Waals surface area contributed by atoms with Gasteiger partial charge >= 0.3 is 0 Å². The highest BCUT2D eigenvalue weighted by molar-refractivity contribution is 9.10. The Morgan fingerprint density at radius 2 is 1.78 bits per heavy atom. The fourth-order valence-electron chi connectivity index (χ4n) is 1.82. The van der Waals surface area contributed by atoms with Gasteiger partial charge in [-0.05, 0) is 46.1 Å². The van der Waals surface area contributed by atoms with Crippen molar-refractivity contribution in [3.05, 3.63) is 69.4 Å². The first kappa shape index (κ1) is 13.2. The molecule has 0 bridgehead atoms. The Morgan fingerprint density at radius 3 is 2.44 bits per heavy atom. The third kappa shape index (κ3) is 3.65. The minimum absolute atomic E-state index is 0.225. The molecule has 0 unspecified atom stereocenters. The van der Waals surface area contributed by atoms with Gasteiger partial charge in [-0.2, -0.15) is 0 Å². The largest absolute Gasteiger partial charge is 0.309 e. The van der Waals surface area contributed by atoms with Crippen LogP contribution >= 0.6 is 15.9 Å². The quantitative estimate of drug-likeness (QED) is 0.893. The summed E-state index contributed by atoms with van der Waals surface area (Å²) in [6.07, 6.45) is 0.